The topological polar surface area (TPSA) is 101 Å². The smallest absolute Gasteiger partial charge is 0.272 e. The Morgan fingerprint density at radius 2 is 1.92 bits per heavy atom. The first-order valence-corrected chi connectivity index (χ1v) is 9.97. The summed E-state index contributed by atoms with van der Waals surface area (Å²) in [4.78, 5) is 12.1. The molecule has 2 heterocycles. The summed E-state index contributed by atoms with van der Waals surface area (Å²) in [5.41, 5.74) is 1.41. The molecule has 1 unspecified atom stereocenters. The van der Waals surface area contributed by atoms with Crippen LogP contribution in [0.2, 0.25) is 0 Å². The van der Waals surface area contributed by atoms with E-state index in [0.717, 1.165) is 6.42 Å². The molecule has 1 aliphatic heterocycles. The second kappa shape index (κ2) is 7.60. The number of nitrogens with zero attached hydrogens (tertiary/aromatic N) is 2. The summed E-state index contributed by atoms with van der Waals surface area (Å²) in [6, 6.07) is 13.0. The van der Waals surface area contributed by atoms with Crippen LogP contribution in [-0.4, -0.2) is 48.6 Å². The van der Waals surface area contributed by atoms with E-state index in [9.17, 15) is 13.2 Å². The zero-order valence-corrected chi connectivity index (χ0v) is 14.5. The summed E-state index contributed by atoms with van der Waals surface area (Å²) in [6.45, 7) is 0.712. The standard InChI is InChI=1S/C17H20N4O3S/c22-17(19-14-9-11-25(23,24)12-14)15-6-7-16(21-20-15)18-10-8-13-4-2-1-3-5-13/h1-7,14H,8-12H2,(H,18,21)(H,19,22). The Balaban J connectivity index is 1.49. The Morgan fingerprint density at radius 3 is 2.56 bits per heavy atom. The van der Waals surface area contributed by atoms with Crippen LogP contribution in [0.4, 0.5) is 5.82 Å². The van der Waals surface area contributed by atoms with Gasteiger partial charge in [-0.25, -0.2) is 8.42 Å². The first kappa shape index (κ1) is 17.3. The minimum Gasteiger partial charge on any atom is -0.368 e. The molecule has 0 bridgehead atoms. The third kappa shape index (κ3) is 4.99. The van der Waals surface area contributed by atoms with Crippen LogP contribution in [0.15, 0.2) is 42.5 Å². The number of sulfone groups is 1. The molecule has 3 rings (SSSR count). The van der Waals surface area contributed by atoms with Gasteiger partial charge in [-0.3, -0.25) is 4.79 Å². The van der Waals surface area contributed by atoms with Gasteiger partial charge < -0.3 is 10.6 Å². The molecule has 1 amide bonds. The van der Waals surface area contributed by atoms with Gasteiger partial charge in [0.25, 0.3) is 5.91 Å². The lowest BCUT2D eigenvalue weighted by Gasteiger charge is -2.10. The van der Waals surface area contributed by atoms with Crippen LogP contribution in [0.1, 0.15) is 22.5 Å². The summed E-state index contributed by atoms with van der Waals surface area (Å²) in [5, 5.41) is 13.8. The fourth-order valence-corrected chi connectivity index (χ4v) is 4.37. The fraction of sp³-hybridized carbons (Fsp3) is 0.353. The zero-order valence-electron chi connectivity index (χ0n) is 13.7. The molecule has 0 radical (unpaired) electrons. The lowest BCUT2D eigenvalue weighted by molar-refractivity contribution is 0.0935. The van der Waals surface area contributed by atoms with Crippen LogP contribution in [0, 0.1) is 0 Å². The van der Waals surface area contributed by atoms with Crippen molar-refractivity contribution in [1.29, 1.82) is 0 Å². The van der Waals surface area contributed by atoms with Crippen LogP contribution in [0.25, 0.3) is 0 Å². The Labute approximate surface area is 146 Å². The van der Waals surface area contributed by atoms with Gasteiger partial charge in [-0.2, -0.15) is 0 Å². The van der Waals surface area contributed by atoms with Crippen molar-refractivity contribution < 1.29 is 13.2 Å². The number of carbonyl (C=O) groups is 1. The molecule has 8 heteroatoms. The van der Waals surface area contributed by atoms with Gasteiger partial charge in [-0.05, 0) is 30.5 Å². The fourth-order valence-electron chi connectivity index (χ4n) is 2.70. The number of anilines is 1. The molecular weight excluding hydrogens is 340 g/mol. The number of hydrogen-bond acceptors (Lipinski definition) is 6. The third-order valence-electron chi connectivity index (χ3n) is 4.03. The minimum absolute atomic E-state index is 0.00864. The van der Waals surface area contributed by atoms with E-state index in [1.165, 1.54) is 5.56 Å². The Kier molecular flexibility index (Phi) is 5.28. The van der Waals surface area contributed by atoms with Crippen molar-refractivity contribution in [1.82, 2.24) is 15.5 Å². The number of carbonyl (C=O) groups excluding carboxylic acids is 1. The molecule has 132 valence electrons. The predicted octanol–water partition coefficient (Wildman–Crippen LogP) is 1.05. The molecule has 1 saturated heterocycles. The van der Waals surface area contributed by atoms with E-state index in [4.69, 9.17) is 0 Å². The molecule has 2 aromatic rings. The summed E-state index contributed by atoms with van der Waals surface area (Å²) < 4.78 is 22.8. The lowest BCUT2D eigenvalue weighted by Crippen LogP contribution is -2.36. The van der Waals surface area contributed by atoms with Gasteiger partial charge in [0.1, 0.15) is 5.82 Å². The normalized spacial score (nSPS) is 18.6. The minimum atomic E-state index is -3.02. The van der Waals surface area contributed by atoms with E-state index in [2.05, 4.69) is 33.0 Å². The lowest BCUT2D eigenvalue weighted by atomic mass is 10.1. The van der Waals surface area contributed by atoms with Gasteiger partial charge in [0.05, 0.1) is 11.5 Å². The first-order chi connectivity index (χ1) is 12.0. The number of amides is 1. The second-order valence-electron chi connectivity index (χ2n) is 6.04. The van der Waals surface area contributed by atoms with Gasteiger partial charge in [-0.15, -0.1) is 10.2 Å². The summed E-state index contributed by atoms with van der Waals surface area (Å²) in [6.07, 6.45) is 1.31. The molecule has 1 fully saturated rings. The van der Waals surface area contributed by atoms with E-state index in [0.29, 0.717) is 18.8 Å². The molecule has 1 aromatic heterocycles. The Morgan fingerprint density at radius 1 is 1.12 bits per heavy atom. The molecule has 1 atom stereocenters. The molecule has 1 aromatic carbocycles. The van der Waals surface area contributed by atoms with E-state index >= 15 is 0 Å². The van der Waals surface area contributed by atoms with Crippen molar-refractivity contribution in [2.24, 2.45) is 0 Å². The van der Waals surface area contributed by atoms with Gasteiger partial charge in [0.15, 0.2) is 15.5 Å². The molecule has 0 saturated carbocycles. The largest absolute Gasteiger partial charge is 0.368 e. The molecule has 25 heavy (non-hydrogen) atoms. The van der Waals surface area contributed by atoms with E-state index in [1.807, 2.05) is 18.2 Å². The highest BCUT2D eigenvalue weighted by atomic mass is 32.2. The molecule has 0 spiro atoms. The maximum Gasteiger partial charge on any atom is 0.272 e. The van der Waals surface area contributed by atoms with Gasteiger partial charge in [0, 0.05) is 12.6 Å². The van der Waals surface area contributed by atoms with Crippen molar-refractivity contribution in [3.63, 3.8) is 0 Å². The summed E-state index contributed by atoms with van der Waals surface area (Å²) >= 11 is 0. The molecule has 1 aliphatic rings. The predicted molar refractivity (Wildman–Crippen MR) is 95.2 cm³/mol. The van der Waals surface area contributed by atoms with Crippen LogP contribution in [0.3, 0.4) is 0 Å². The number of aromatic nitrogens is 2. The van der Waals surface area contributed by atoms with Crippen molar-refractivity contribution in [3.05, 3.63) is 53.7 Å². The van der Waals surface area contributed by atoms with Gasteiger partial charge in [-0.1, -0.05) is 30.3 Å². The van der Waals surface area contributed by atoms with E-state index < -0.39 is 15.7 Å². The summed E-state index contributed by atoms with van der Waals surface area (Å²) in [5.74, 6) is 0.306. The molecule has 7 nitrogen and oxygen atoms in total. The maximum atomic E-state index is 12.1. The van der Waals surface area contributed by atoms with Crippen LogP contribution in [-0.2, 0) is 16.3 Å². The van der Waals surface area contributed by atoms with Crippen molar-refractivity contribution in [2.45, 2.75) is 18.9 Å². The third-order valence-corrected chi connectivity index (χ3v) is 5.80. The first-order valence-electron chi connectivity index (χ1n) is 8.15. The zero-order chi connectivity index (χ0) is 17.7. The van der Waals surface area contributed by atoms with Crippen molar-refractivity contribution >= 4 is 21.6 Å². The van der Waals surface area contributed by atoms with Crippen LogP contribution in [0.5, 0.6) is 0 Å². The average Bonchev–Trinajstić information content (AvgIpc) is 2.95. The average molecular weight is 360 g/mol. The number of benzene rings is 1. The second-order valence-corrected chi connectivity index (χ2v) is 8.27. The van der Waals surface area contributed by atoms with Crippen LogP contribution < -0.4 is 10.6 Å². The highest BCUT2D eigenvalue weighted by Crippen LogP contribution is 2.12. The Bertz CT molecular complexity index is 823. The molecular formula is C17H20N4O3S. The van der Waals surface area contributed by atoms with Gasteiger partial charge >= 0.3 is 0 Å². The van der Waals surface area contributed by atoms with Crippen LogP contribution >= 0.6 is 0 Å². The van der Waals surface area contributed by atoms with Crippen molar-refractivity contribution in [3.8, 4) is 0 Å². The monoisotopic (exact) mass is 360 g/mol. The quantitative estimate of drug-likeness (QED) is 0.798. The highest BCUT2D eigenvalue weighted by Gasteiger charge is 2.29. The number of rotatable bonds is 6. The Hall–Kier alpha value is -2.48. The summed E-state index contributed by atoms with van der Waals surface area (Å²) in [7, 11) is -3.02. The van der Waals surface area contributed by atoms with Crippen molar-refractivity contribution in [2.75, 3.05) is 23.4 Å². The maximum absolute atomic E-state index is 12.1. The van der Waals surface area contributed by atoms with E-state index in [-0.39, 0.29) is 23.2 Å². The number of hydrogen-bond donors (Lipinski definition) is 2. The number of nitrogens with one attached hydrogen (secondary N) is 2. The SMILES string of the molecule is O=C(NC1CCS(=O)(=O)C1)c1ccc(NCCc2ccccc2)nn1. The highest BCUT2D eigenvalue weighted by molar-refractivity contribution is 7.91. The molecule has 2 N–H and O–H groups in total. The van der Waals surface area contributed by atoms with Gasteiger partial charge in [0.2, 0.25) is 0 Å². The molecule has 0 aliphatic carbocycles. The van der Waals surface area contributed by atoms with E-state index in [1.54, 1.807) is 12.1 Å².